The van der Waals surface area contributed by atoms with Crippen molar-refractivity contribution in [1.82, 2.24) is 0 Å². The zero-order valence-electron chi connectivity index (χ0n) is 9.29. The number of rotatable bonds is 0. The number of hydrogen-bond acceptors (Lipinski definition) is 1. The van der Waals surface area contributed by atoms with E-state index < -0.39 is 0 Å². The van der Waals surface area contributed by atoms with Gasteiger partial charge in [0.2, 0.25) is 0 Å². The SMILES string of the molecule is CC(C)(C)[N]=[Nb].C[N-]C.C[N-]C. The summed E-state index contributed by atoms with van der Waals surface area (Å²) in [5.74, 6) is 0. The number of hydrogen-bond donors (Lipinski definition) is 0. The quantitative estimate of drug-likeness (QED) is 0.595. The van der Waals surface area contributed by atoms with Crippen molar-refractivity contribution in [2.75, 3.05) is 28.2 Å². The minimum atomic E-state index is 0.189. The summed E-state index contributed by atoms with van der Waals surface area (Å²) in [5, 5.41) is 7.00. The van der Waals surface area contributed by atoms with Crippen molar-refractivity contribution in [3.63, 3.8) is 0 Å². The molecule has 0 radical (unpaired) electrons. The van der Waals surface area contributed by atoms with Crippen LogP contribution in [0, 0.1) is 0 Å². The Morgan fingerprint density at radius 2 is 1.00 bits per heavy atom. The Labute approximate surface area is 89.5 Å². The van der Waals surface area contributed by atoms with Crippen LogP contribution in [0.25, 0.3) is 10.6 Å². The van der Waals surface area contributed by atoms with Crippen molar-refractivity contribution in [3.05, 3.63) is 10.6 Å². The Hall–Kier alpha value is 0.460. The second kappa shape index (κ2) is 14.0. The molecule has 0 aliphatic rings. The molecule has 0 amide bonds. The Morgan fingerprint density at radius 3 is 1.00 bits per heavy atom. The summed E-state index contributed by atoms with van der Waals surface area (Å²) in [6, 6.07) is 0. The van der Waals surface area contributed by atoms with Crippen LogP contribution < -0.4 is 0 Å². The molecule has 0 bridgehead atoms. The molecule has 0 unspecified atom stereocenters. The van der Waals surface area contributed by atoms with E-state index in [1.165, 1.54) is 20.9 Å². The minimum Gasteiger partial charge on any atom is -0.668 e. The van der Waals surface area contributed by atoms with Crippen LogP contribution >= 0.6 is 0 Å². The van der Waals surface area contributed by atoms with Crippen molar-refractivity contribution in [3.8, 4) is 0 Å². The molecular weight excluding hydrogens is 231 g/mol. The largest absolute Gasteiger partial charge is 0.668 e. The topological polar surface area (TPSA) is 40.6 Å². The van der Waals surface area contributed by atoms with Gasteiger partial charge in [0, 0.05) is 0 Å². The van der Waals surface area contributed by atoms with Crippen molar-refractivity contribution >= 4 is 0 Å². The van der Waals surface area contributed by atoms with Crippen molar-refractivity contribution < 1.29 is 20.9 Å². The zero-order chi connectivity index (χ0) is 10.6. The first-order chi connectivity index (χ1) is 5.39. The maximum Gasteiger partial charge on any atom is -0.162 e. The Morgan fingerprint density at radius 1 is 0.917 bits per heavy atom. The second-order valence-corrected chi connectivity index (χ2v) is 3.66. The van der Waals surface area contributed by atoms with Crippen LogP contribution in [-0.4, -0.2) is 33.7 Å². The Bertz CT molecular complexity index is 76.9. The average Bonchev–Trinajstić information content (AvgIpc) is 1.90. The van der Waals surface area contributed by atoms with Crippen LogP contribution in [0.3, 0.4) is 0 Å². The van der Waals surface area contributed by atoms with Crippen LogP contribution in [0.1, 0.15) is 20.8 Å². The van der Waals surface area contributed by atoms with Crippen LogP contribution in [0.5, 0.6) is 0 Å². The minimum absolute atomic E-state index is 0.189. The molecule has 4 heteroatoms. The summed E-state index contributed by atoms with van der Waals surface area (Å²) in [6.45, 7) is 6.27. The van der Waals surface area contributed by atoms with E-state index in [2.05, 4.69) is 34.7 Å². The van der Waals surface area contributed by atoms with Crippen molar-refractivity contribution in [2.24, 2.45) is 3.34 Å². The zero-order valence-corrected chi connectivity index (χ0v) is 11.5. The summed E-state index contributed by atoms with van der Waals surface area (Å²) in [7, 11) is 7.00. The van der Waals surface area contributed by atoms with Crippen molar-refractivity contribution in [1.29, 1.82) is 0 Å². The van der Waals surface area contributed by atoms with Gasteiger partial charge in [0.05, 0.1) is 0 Å². The normalized spacial score (nSPS) is 8.50. The van der Waals surface area contributed by atoms with E-state index >= 15 is 0 Å². The monoisotopic (exact) mass is 252 g/mol. The second-order valence-electron chi connectivity index (χ2n) is 3.17. The number of nitrogens with zero attached hydrogens (tertiary/aromatic N) is 3. The molecule has 0 aromatic carbocycles. The van der Waals surface area contributed by atoms with E-state index in [-0.39, 0.29) is 5.54 Å². The third-order valence-corrected chi connectivity index (χ3v) is 1.77. The molecule has 0 spiro atoms. The first-order valence-electron chi connectivity index (χ1n) is 3.71. The van der Waals surface area contributed by atoms with Crippen molar-refractivity contribution in [2.45, 2.75) is 26.3 Å². The van der Waals surface area contributed by atoms with E-state index in [1.54, 1.807) is 28.2 Å². The molecule has 0 aliphatic carbocycles. The summed E-state index contributed by atoms with van der Waals surface area (Å²) >= 11 is 1.52. The first-order valence-corrected chi connectivity index (χ1v) is 4.70. The van der Waals surface area contributed by atoms with E-state index in [0.717, 1.165) is 0 Å². The molecule has 0 rings (SSSR count). The van der Waals surface area contributed by atoms with Crippen LogP contribution in [-0.2, 0) is 20.9 Å². The van der Waals surface area contributed by atoms with Gasteiger partial charge in [-0.2, -0.15) is 28.2 Å². The summed E-state index contributed by atoms with van der Waals surface area (Å²) in [6.07, 6.45) is 0. The Kier molecular flexibility index (Phi) is 21.4. The van der Waals surface area contributed by atoms with Gasteiger partial charge in [0.15, 0.2) is 0 Å². The molecule has 0 aromatic rings. The molecule has 0 saturated carbocycles. The fraction of sp³-hybridized carbons (Fsp3) is 1.00. The smallest absolute Gasteiger partial charge is 0.162 e. The maximum atomic E-state index is 4.07. The molecule has 0 N–H and O–H groups in total. The van der Waals surface area contributed by atoms with Crippen LogP contribution in [0.15, 0.2) is 3.34 Å². The molecule has 75 valence electrons. The summed E-state index contributed by atoms with van der Waals surface area (Å²) in [4.78, 5) is 0. The fourth-order valence-corrected chi connectivity index (χ4v) is 0. The van der Waals surface area contributed by atoms with Gasteiger partial charge in [-0.05, 0) is 0 Å². The predicted octanol–water partition coefficient (Wildman–Crippen LogP) is 2.75. The van der Waals surface area contributed by atoms with Gasteiger partial charge in [-0.15, -0.1) is 0 Å². The molecule has 3 nitrogen and oxygen atoms in total. The van der Waals surface area contributed by atoms with E-state index in [1.807, 2.05) is 0 Å². The molecule has 0 saturated heterocycles. The summed E-state index contributed by atoms with van der Waals surface area (Å²) in [5.41, 5.74) is 0.189. The summed E-state index contributed by atoms with van der Waals surface area (Å²) < 4.78 is 4.07. The first kappa shape index (κ1) is 18.3. The van der Waals surface area contributed by atoms with Gasteiger partial charge in [0.1, 0.15) is 0 Å². The van der Waals surface area contributed by atoms with E-state index in [9.17, 15) is 0 Å². The van der Waals surface area contributed by atoms with Gasteiger partial charge in [-0.25, -0.2) is 0 Å². The van der Waals surface area contributed by atoms with Crippen LogP contribution in [0.4, 0.5) is 0 Å². The predicted molar refractivity (Wildman–Crippen MR) is 52.6 cm³/mol. The molecule has 0 atom stereocenters. The van der Waals surface area contributed by atoms with E-state index in [0.29, 0.717) is 0 Å². The molecule has 0 fully saturated rings. The third-order valence-electron chi connectivity index (χ3n) is 0.300. The van der Waals surface area contributed by atoms with Gasteiger partial charge in [-0.3, -0.25) is 0 Å². The van der Waals surface area contributed by atoms with Gasteiger partial charge >= 0.3 is 50.5 Å². The van der Waals surface area contributed by atoms with Crippen LogP contribution in [0.2, 0.25) is 0 Å². The Balaban J connectivity index is -0.000000115. The fourth-order valence-electron chi connectivity index (χ4n) is 0. The van der Waals surface area contributed by atoms with E-state index in [4.69, 9.17) is 0 Å². The van der Waals surface area contributed by atoms with Gasteiger partial charge in [-0.1, -0.05) is 0 Å². The van der Waals surface area contributed by atoms with Gasteiger partial charge < -0.3 is 10.6 Å². The average molecular weight is 252 g/mol. The standard InChI is InChI=1S/C4H9N.2C2H6N.Nb/c1-4(2,3)5;2*1-3-2;/h1-3H3;2*1-2H3;/q;2*-1;. The maximum absolute atomic E-state index is 4.07. The third kappa shape index (κ3) is 78.2. The molecule has 0 aromatic heterocycles. The molecule has 12 heavy (non-hydrogen) atoms. The molecular formula is C8H21N3Nb-2. The van der Waals surface area contributed by atoms with Gasteiger partial charge in [0.25, 0.3) is 0 Å². The molecule has 0 heterocycles. The molecule has 0 aliphatic heterocycles.